The first-order chi connectivity index (χ1) is 8.85. The van der Waals surface area contributed by atoms with Gasteiger partial charge in [0.2, 0.25) is 0 Å². The van der Waals surface area contributed by atoms with Crippen LogP contribution in [0.2, 0.25) is 0 Å². The molecular formula is C13H14BrNO3S. The summed E-state index contributed by atoms with van der Waals surface area (Å²) >= 11 is 4.92. The topological polar surface area (TPSA) is 51.5 Å². The number of hydrogen-bond acceptors (Lipinski definition) is 4. The van der Waals surface area contributed by atoms with Crippen LogP contribution in [0.15, 0.2) is 33.5 Å². The average molecular weight is 344 g/mol. The van der Waals surface area contributed by atoms with Crippen molar-refractivity contribution in [3.8, 4) is 10.4 Å². The van der Waals surface area contributed by atoms with Crippen molar-refractivity contribution in [3.63, 3.8) is 0 Å². The first-order valence-corrected chi connectivity index (χ1v) is 7.28. The summed E-state index contributed by atoms with van der Waals surface area (Å²) in [4.78, 5) is 12.7. The van der Waals surface area contributed by atoms with Gasteiger partial charge in [-0.25, -0.2) is 4.79 Å². The highest BCUT2D eigenvalue weighted by atomic mass is 79.9. The van der Waals surface area contributed by atoms with Crippen LogP contribution in [-0.4, -0.2) is 11.7 Å². The van der Waals surface area contributed by atoms with E-state index < -0.39 is 11.7 Å². The van der Waals surface area contributed by atoms with Gasteiger partial charge in [0.05, 0.1) is 22.4 Å². The molecule has 0 aliphatic rings. The molecule has 4 nitrogen and oxygen atoms in total. The lowest BCUT2D eigenvalue weighted by molar-refractivity contribution is 0.0636. The minimum Gasteiger partial charge on any atom is -0.472 e. The Bertz CT molecular complexity index is 569. The zero-order chi connectivity index (χ0) is 14.0. The van der Waals surface area contributed by atoms with E-state index in [9.17, 15) is 4.79 Å². The standard InChI is InChI=1S/C13H14BrNO3S/c1-13(2,3)18-12(16)15-10-6-9(14)11(19-10)8-4-5-17-7-8/h4-7H,1-3H3,(H,15,16). The van der Waals surface area contributed by atoms with E-state index in [2.05, 4.69) is 21.2 Å². The zero-order valence-corrected chi connectivity index (χ0v) is 13.2. The van der Waals surface area contributed by atoms with Gasteiger partial charge in [-0.05, 0) is 48.8 Å². The first-order valence-electron chi connectivity index (χ1n) is 5.67. The van der Waals surface area contributed by atoms with E-state index in [1.807, 2.05) is 32.9 Å². The van der Waals surface area contributed by atoms with E-state index in [1.54, 1.807) is 12.5 Å². The van der Waals surface area contributed by atoms with Crippen molar-refractivity contribution in [2.75, 3.05) is 5.32 Å². The van der Waals surface area contributed by atoms with Gasteiger partial charge in [-0.15, -0.1) is 11.3 Å². The van der Waals surface area contributed by atoms with Gasteiger partial charge in [0.1, 0.15) is 5.60 Å². The van der Waals surface area contributed by atoms with E-state index in [4.69, 9.17) is 9.15 Å². The summed E-state index contributed by atoms with van der Waals surface area (Å²) < 4.78 is 11.2. The lowest BCUT2D eigenvalue weighted by atomic mass is 10.2. The maximum absolute atomic E-state index is 11.7. The van der Waals surface area contributed by atoms with E-state index in [-0.39, 0.29) is 0 Å². The summed E-state index contributed by atoms with van der Waals surface area (Å²) in [5.41, 5.74) is 0.459. The molecule has 0 bridgehead atoms. The second-order valence-corrected chi connectivity index (χ2v) is 6.83. The Balaban J connectivity index is 2.11. The molecule has 0 aliphatic heterocycles. The highest BCUT2D eigenvalue weighted by molar-refractivity contribution is 9.10. The van der Waals surface area contributed by atoms with Crippen LogP contribution in [0.3, 0.4) is 0 Å². The fourth-order valence-electron chi connectivity index (χ4n) is 1.43. The summed E-state index contributed by atoms with van der Waals surface area (Å²) in [6, 6.07) is 3.71. The van der Waals surface area contributed by atoms with E-state index in [1.165, 1.54) is 11.3 Å². The van der Waals surface area contributed by atoms with Gasteiger partial charge in [0.25, 0.3) is 0 Å². The summed E-state index contributed by atoms with van der Waals surface area (Å²) in [6.45, 7) is 5.48. The maximum Gasteiger partial charge on any atom is 0.412 e. The van der Waals surface area contributed by atoms with E-state index in [0.717, 1.165) is 19.9 Å². The van der Waals surface area contributed by atoms with Crippen LogP contribution in [0.5, 0.6) is 0 Å². The number of carbonyl (C=O) groups excluding carboxylic acids is 1. The number of ether oxygens (including phenoxy) is 1. The Morgan fingerprint density at radius 3 is 2.79 bits per heavy atom. The fourth-order valence-corrected chi connectivity index (χ4v) is 3.20. The van der Waals surface area contributed by atoms with Crippen molar-refractivity contribution in [2.24, 2.45) is 0 Å². The number of nitrogens with one attached hydrogen (secondary N) is 1. The Morgan fingerprint density at radius 1 is 1.47 bits per heavy atom. The molecule has 0 unspecified atom stereocenters. The van der Waals surface area contributed by atoms with Gasteiger partial charge in [0, 0.05) is 10.0 Å². The van der Waals surface area contributed by atoms with Crippen LogP contribution in [0.1, 0.15) is 20.8 Å². The lowest BCUT2D eigenvalue weighted by Crippen LogP contribution is -2.26. The van der Waals surface area contributed by atoms with Gasteiger partial charge in [-0.1, -0.05) is 0 Å². The second kappa shape index (κ2) is 5.38. The molecule has 0 aliphatic carbocycles. The van der Waals surface area contributed by atoms with Crippen LogP contribution in [0.4, 0.5) is 9.80 Å². The minimum absolute atomic E-state index is 0.458. The Kier molecular flexibility index (Phi) is 4.01. The summed E-state index contributed by atoms with van der Waals surface area (Å²) in [5.74, 6) is 0. The summed E-state index contributed by atoms with van der Waals surface area (Å²) in [6.07, 6.45) is 2.82. The molecule has 102 valence electrons. The number of hydrogen-bond donors (Lipinski definition) is 1. The smallest absolute Gasteiger partial charge is 0.412 e. The summed E-state index contributed by atoms with van der Waals surface area (Å²) in [7, 11) is 0. The number of halogens is 1. The van der Waals surface area contributed by atoms with Crippen molar-refractivity contribution >= 4 is 38.4 Å². The molecule has 1 N–H and O–H groups in total. The molecule has 1 amide bonds. The summed E-state index contributed by atoms with van der Waals surface area (Å²) in [5, 5.41) is 3.44. The Morgan fingerprint density at radius 2 is 2.21 bits per heavy atom. The number of furan rings is 1. The van der Waals surface area contributed by atoms with Gasteiger partial charge in [-0.3, -0.25) is 5.32 Å². The third-order valence-electron chi connectivity index (χ3n) is 2.09. The molecule has 0 radical (unpaired) electrons. The molecule has 2 aromatic rings. The maximum atomic E-state index is 11.7. The van der Waals surface area contributed by atoms with Crippen molar-refractivity contribution in [1.29, 1.82) is 0 Å². The van der Waals surface area contributed by atoms with Crippen molar-refractivity contribution < 1.29 is 13.9 Å². The molecule has 2 rings (SSSR count). The van der Waals surface area contributed by atoms with Gasteiger partial charge < -0.3 is 9.15 Å². The third kappa shape index (κ3) is 3.84. The largest absolute Gasteiger partial charge is 0.472 e. The van der Waals surface area contributed by atoms with Gasteiger partial charge in [0.15, 0.2) is 0 Å². The fraction of sp³-hybridized carbons (Fsp3) is 0.308. The van der Waals surface area contributed by atoms with Crippen LogP contribution >= 0.6 is 27.3 Å². The number of thiophene rings is 1. The molecule has 0 saturated carbocycles. The monoisotopic (exact) mass is 343 g/mol. The molecule has 2 aromatic heterocycles. The molecule has 0 spiro atoms. The highest BCUT2D eigenvalue weighted by Crippen LogP contribution is 2.39. The van der Waals surface area contributed by atoms with Crippen molar-refractivity contribution in [2.45, 2.75) is 26.4 Å². The van der Waals surface area contributed by atoms with Crippen LogP contribution < -0.4 is 5.32 Å². The molecule has 19 heavy (non-hydrogen) atoms. The van der Waals surface area contributed by atoms with Crippen LogP contribution in [0.25, 0.3) is 10.4 Å². The molecule has 6 heteroatoms. The number of anilines is 1. The van der Waals surface area contributed by atoms with E-state index >= 15 is 0 Å². The predicted molar refractivity (Wildman–Crippen MR) is 79.6 cm³/mol. The van der Waals surface area contributed by atoms with Crippen LogP contribution in [-0.2, 0) is 4.74 Å². The van der Waals surface area contributed by atoms with Crippen LogP contribution in [0, 0.1) is 0 Å². The van der Waals surface area contributed by atoms with Gasteiger partial charge in [-0.2, -0.15) is 0 Å². The van der Waals surface area contributed by atoms with E-state index in [0.29, 0.717) is 0 Å². The lowest BCUT2D eigenvalue weighted by Gasteiger charge is -2.19. The third-order valence-corrected chi connectivity index (χ3v) is 4.08. The SMILES string of the molecule is CC(C)(C)OC(=O)Nc1cc(Br)c(-c2ccoc2)s1. The zero-order valence-electron chi connectivity index (χ0n) is 10.8. The second-order valence-electron chi connectivity index (χ2n) is 4.93. The van der Waals surface area contributed by atoms with Crippen molar-refractivity contribution in [1.82, 2.24) is 0 Å². The normalized spacial score (nSPS) is 11.4. The Labute approximate surface area is 123 Å². The first kappa shape index (κ1) is 14.1. The molecule has 0 saturated heterocycles. The number of amides is 1. The molecule has 0 aromatic carbocycles. The highest BCUT2D eigenvalue weighted by Gasteiger charge is 2.18. The van der Waals surface area contributed by atoms with Crippen molar-refractivity contribution in [3.05, 3.63) is 29.1 Å². The molecular weight excluding hydrogens is 330 g/mol. The van der Waals surface area contributed by atoms with Gasteiger partial charge >= 0.3 is 6.09 Å². The number of rotatable bonds is 2. The quantitative estimate of drug-likeness (QED) is 0.823. The Hall–Kier alpha value is -1.27. The minimum atomic E-state index is -0.508. The predicted octanol–water partition coefficient (Wildman–Crippen LogP) is 5.12. The molecule has 2 heterocycles. The average Bonchev–Trinajstić information content (AvgIpc) is 2.84. The number of carbonyl (C=O) groups is 1. The molecule has 0 atom stereocenters. The molecule has 0 fully saturated rings.